The maximum absolute atomic E-state index is 11.8. The molecule has 1 unspecified atom stereocenters. The Morgan fingerprint density at radius 3 is 3.05 bits per heavy atom. The summed E-state index contributed by atoms with van der Waals surface area (Å²) in [6, 6.07) is 3.56. The molecule has 0 saturated carbocycles. The van der Waals surface area contributed by atoms with Crippen LogP contribution in [0.5, 0.6) is 0 Å². The fraction of sp³-hybridized carbons (Fsp3) is 0.500. The number of esters is 1. The van der Waals surface area contributed by atoms with E-state index in [4.69, 9.17) is 4.74 Å². The Labute approximate surface area is 112 Å². The van der Waals surface area contributed by atoms with E-state index in [0.717, 1.165) is 31.5 Å². The Kier molecular flexibility index (Phi) is 4.49. The molecule has 2 rings (SSSR count). The smallest absolute Gasteiger partial charge is 0.310 e. The molecule has 102 valence electrons. The molecule has 1 atom stereocenters. The van der Waals surface area contributed by atoms with Crippen LogP contribution in [0, 0.1) is 5.92 Å². The Hall–Kier alpha value is -1.91. The van der Waals surface area contributed by atoms with Crippen molar-refractivity contribution in [3.05, 3.63) is 23.9 Å². The highest BCUT2D eigenvalue weighted by molar-refractivity contribution is 5.75. The SMILES string of the molecule is CCOC(=O)C1CCCN(c2ccc(C=O)cn2)C1. The zero-order valence-electron chi connectivity index (χ0n) is 11.0. The number of pyridine rings is 1. The Bertz CT molecular complexity index is 445. The van der Waals surface area contributed by atoms with Gasteiger partial charge >= 0.3 is 5.97 Å². The van der Waals surface area contributed by atoms with Crippen molar-refractivity contribution >= 4 is 18.1 Å². The van der Waals surface area contributed by atoms with Gasteiger partial charge in [-0.05, 0) is 31.9 Å². The maximum atomic E-state index is 11.8. The fourth-order valence-corrected chi connectivity index (χ4v) is 2.29. The van der Waals surface area contributed by atoms with Crippen molar-refractivity contribution in [3.63, 3.8) is 0 Å². The van der Waals surface area contributed by atoms with Crippen LogP contribution in [0.2, 0.25) is 0 Å². The van der Waals surface area contributed by atoms with Crippen molar-refractivity contribution in [2.45, 2.75) is 19.8 Å². The lowest BCUT2D eigenvalue weighted by Crippen LogP contribution is -2.39. The van der Waals surface area contributed by atoms with Gasteiger partial charge in [-0.3, -0.25) is 9.59 Å². The van der Waals surface area contributed by atoms with Crippen LogP contribution in [-0.4, -0.2) is 36.9 Å². The summed E-state index contributed by atoms with van der Waals surface area (Å²) in [4.78, 5) is 28.7. The van der Waals surface area contributed by atoms with Crippen molar-refractivity contribution in [3.8, 4) is 0 Å². The lowest BCUT2D eigenvalue weighted by Gasteiger charge is -2.32. The molecule has 1 aliphatic rings. The lowest BCUT2D eigenvalue weighted by atomic mass is 9.98. The molecule has 0 amide bonds. The largest absolute Gasteiger partial charge is 0.466 e. The summed E-state index contributed by atoms with van der Waals surface area (Å²) in [6.45, 7) is 3.75. The molecule has 0 aliphatic carbocycles. The van der Waals surface area contributed by atoms with Crippen LogP contribution < -0.4 is 4.90 Å². The van der Waals surface area contributed by atoms with E-state index in [1.165, 1.54) is 0 Å². The monoisotopic (exact) mass is 262 g/mol. The van der Waals surface area contributed by atoms with Gasteiger partial charge in [0.2, 0.25) is 0 Å². The van der Waals surface area contributed by atoms with Gasteiger partial charge in [0.1, 0.15) is 5.82 Å². The topological polar surface area (TPSA) is 59.5 Å². The third-order valence-corrected chi connectivity index (χ3v) is 3.27. The summed E-state index contributed by atoms with van der Waals surface area (Å²) in [6.07, 6.45) is 4.13. The number of carbonyl (C=O) groups excluding carboxylic acids is 2. The van der Waals surface area contributed by atoms with Gasteiger partial charge < -0.3 is 9.64 Å². The number of aromatic nitrogens is 1. The van der Waals surface area contributed by atoms with Gasteiger partial charge in [0, 0.05) is 24.8 Å². The van der Waals surface area contributed by atoms with Gasteiger partial charge in [0.25, 0.3) is 0 Å². The summed E-state index contributed by atoms with van der Waals surface area (Å²) in [7, 11) is 0. The van der Waals surface area contributed by atoms with Gasteiger partial charge in [-0.15, -0.1) is 0 Å². The van der Waals surface area contributed by atoms with Gasteiger partial charge in [-0.25, -0.2) is 4.98 Å². The predicted molar refractivity (Wildman–Crippen MR) is 71.2 cm³/mol. The van der Waals surface area contributed by atoms with E-state index in [0.29, 0.717) is 18.7 Å². The molecule has 1 saturated heterocycles. The minimum atomic E-state index is -0.128. The molecule has 5 nitrogen and oxygen atoms in total. The number of rotatable bonds is 4. The van der Waals surface area contributed by atoms with Crippen molar-refractivity contribution in [2.75, 3.05) is 24.6 Å². The molecule has 0 aromatic carbocycles. The number of aldehydes is 1. The molecule has 1 aromatic heterocycles. The third-order valence-electron chi connectivity index (χ3n) is 3.27. The van der Waals surface area contributed by atoms with Crippen LogP contribution in [0.25, 0.3) is 0 Å². The number of carbonyl (C=O) groups is 2. The second kappa shape index (κ2) is 6.31. The molecule has 0 radical (unpaired) electrons. The third kappa shape index (κ3) is 3.30. The normalized spacial score (nSPS) is 19.0. The molecule has 0 bridgehead atoms. The molecule has 1 aliphatic heterocycles. The minimum Gasteiger partial charge on any atom is -0.466 e. The first-order valence-corrected chi connectivity index (χ1v) is 6.57. The van der Waals surface area contributed by atoms with Crippen LogP contribution in [0.4, 0.5) is 5.82 Å². The van der Waals surface area contributed by atoms with E-state index in [1.54, 1.807) is 12.3 Å². The predicted octanol–water partition coefficient (Wildman–Crippen LogP) is 1.67. The lowest BCUT2D eigenvalue weighted by molar-refractivity contribution is -0.148. The minimum absolute atomic E-state index is 0.0822. The van der Waals surface area contributed by atoms with Gasteiger partial charge in [-0.2, -0.15) is 0 Å². The average molecular weight is 262 g/mol. The quantitative estimate of drug-likeness (QED) is 0.610. The summed E-state index contributed by atoms with van der Waals surface area (Å²) >= 11 is 0. The van der Waals surface area contributed by atoms with Crippen molar-refractivity contribution in [2.24, 2.45) is 5.92 Å². The first kappa shape index (κ1) is 13.5. The second-order valence-electron chi connectivity index (χ2n) is 4.60. The number of hydrogen-bond donors (Lipinski definition) is 0. The highest BCUT2D eigenvalue weighted by Crippen LogP contribution is 2.22. The van der Waals surface area contributed by atoms with Crippen molar-refractivity contribution < 1.29 is 14.3 Å². The molecular formula is C14H18N2O3. The molecule has 2 heterocycles. The van der Waals surface area contributed by atoms with E-state index >= 15 is 0 Å². The summed E-state index contributed by atoms with van der Waals surface area (Å²) in [5.74, 6) is 0.595. The molecular weight excluding hydrogens is 244 g/mol. The second-order valence-corrected chi connectivity index (χ2v) is 4.60. The number of anilines is 1. The van der Waals surface area contributed by atoms with Gasteiger partial charge in [-0.1, -0.05) is 0 Å². The summed E-state index contributed by atoms with van der Waals surface area (Å²) in [5.41, 5.74) is 0.558. The summed E-state index contributed by atoms with van der Waals surface area (Å²) in [5, 5.41) is 0. The average Bonchev–Trinajstić information content (AvgIpc) is 2.48. The van der Waals surface area contributed by atoms with E-state index in [-0.39, 0.29) is 11.9 Å². The zero-order valence-corrected chi connectivity index (χ0v) is 11.0. The van der Waals surface area contributed by atoms with Crippen molar-refractivity contribution in [1.82, 2.24) is 4.98 Å². The number of hydrogen-bond acceptors (Lipinski definition) is 5. The van der Waals surface area contributed by atoms with Crippen LogP contribution in [0.15, 0.2) is 18.3 Å². The number of piperidine rings is 1. The Balaban J connectivity index is 2.03. The van der Waals surface area contributed by atoms with E-state index < -0.39 is 0 Å². The first-order valence-electron chi connectivity index (χ1n) is 6.57. The van der Waals surface area contributed by atoms with Gasteiger partial charge in [0.15, 0.2) is 6.29 Å². The fourth-order valence-electron chi connectivity index (χ4n) is 2.29. The Morgan fingerprint density at radius 1 is 1.58 bits per heavy atom. The van der Waals surface area contributed by atoms with Crippen molar-refractivity contribution in [1.29, 1.82) is 0 Å². The molecule has 5 heteroatoms. The van der Waals surface area contributed by atoms with Gasteiger partial charge in [0.05, 0.1) is 12.5 Å². The molecule has 0 N–H and O–H groups in total. The van der Waals surface area contributed by atoms with Crippen LogP contribution in [0.1, 0.15) is 30.1 Å². The molecule has 1 fully saturated rings. The van der Waals surface area contributed by atoms with Crippen LogP contribution >= 0.6 is 0 Å². The highest BCUT2D eigenvalue weighted by atomic mass is 16.5. The number of ether oxygens (including phenoxy) is 1. The Morgan fingerprint density at radius 2 is 2.42 bits per heavy atom. The highest BCUT2D eigenvalue weighted by Gasteiger charge is 2.27. The maximum Gasteiger partial charge on any atom is 0.310 e. The molecule has 1 aromatic rings. The van der Waals surface area contributed by atoms with E-state index in [2.05, 4.69) is 9.88 Å². The number of nitrogens with zero attached hydrogens (tertiary/aromatic N) is 2. The van der Waals surface area contributed by atoms with E-state index in [9.17, 15) is 9.59 Å². The molecule has 19 heavy (non-hydrogen) atoms. The standard InChI is InChI=1S/C14H18N2O3/c1-2-19-14(18)12-4-3-7-16(9-12)13-6-5-11(10-17)8-15-13/h5-6,8,10,12H,2-4,7,9H2,1H3. The first-order chi connectivity index (χ1) is 9.24. The summed E-state index contributed by atoms with van der Waals surface area (Å²) < 4.78 is 5.07. The van der Waals surface area contributed by atoms with Crippen LogP contribution in [-0.2, 0) is 9.53 Å². The zero-order chi connectivity index (χ0) is 13.7. The van der Waals surface area contributed by atoms with Crippen LogP contribution in [0.3, 0.4) is 0 Å². The van der Waals surface area contributed by atoms with E-state index in [1.807, 2.05) is 13.0 Å². The molecule has 0 spiro atoms.